The Hall–Kier alpha value is -0.610. The van der Waals surface area contributed by atoms with Crippen LogP contribution in [0.2, 0.25) is 0 Å². The molecule has 0 aromatic heterocycles. The van der Waals surface area contributed by atoms with Gasteiger partial charge in [-0.3, -0.25) is 9.69 Å². The molecule has 0 bridgehead atoms. The maximum atomic E-state index is 12.0. The van der Waals surface area contributed by atoms with E-state index in [1.165, 1.54) is 26.5 Å². The number of ether oxygens (including phenoxy) is 1. The lowest BCUT2D eigenvalue weighted by Gasteiger charge is -2.41. The van der Waals surface area contributed by atoms with Gasteiger partial charge in [-0.15, -0.1) is 0 Å². The summed E-state index contributed by atoms with van der Waals surface area (Å²) < 4.78 is 4.99. The second-order valence-electron chi connectivity index (χ2n) is 6.44. The van der Waals surface area contributed by atoms with Gasteiger partial charge in [0, 0.05) is 12.1 Å². The van der Waals surface area contributed by atoms with Crippen molar-refractivity contribution in [2.24, 2.45) is 5.92 Å². The zero-order chi connectivity index (χ0) is 14.0. The predicted octanol–water partition coefficient (Wildman–Crippen LogP) is 1.79. The van der Waals surface area contributed by atoms with Crippen molar-refractivity contribution in [1.29, 1.82) is 0 Å². The van der Waals surface area contributed by atoms with Crippen LogP contribution in [0.25, 0.3) is 0 Å². The fraction of sp³-hybridized carbons (Fsp3) is 0.933. The number of nitrogens with one attached hydrogen (secondary N) is 1. The van der Waals surface area contributed by atoms with Crippen molar-refractivity contribution in [2.75, 3.05) is 20.7 Å². The van der Waals surface area contributed by atoms with Crippen LogP contribution in [-0.2, 0) is 9.53 Å². The van der Waals surface area contributed by atoms with Gasteiger partial charge in [0.1, 0.15) is 5.54 Å². The average Bonchev–Trinajstić information content (AvgIpc) is 2.83. The Bertz CT molecular complexity index is 334. The van der Waals surface area contributed by atoms with Crippen LogP contribution in [0.3, 0.4) is 0 Å². The normalized spacial score (nSPS) is 40.3. The number of hydrogen-bond donors (Lipinski definition) is 1. The number of nitrogens with zero attached hydrogens (tertiary/aromatic N) is 1. The van der Waals surface area contributed by atoms with Crippen LogP contribution < -0.4 is 5.32 Å². The van der Waals surface area contributed by atoms with E-state index in [0.29, 0.717) is 12.1 Å². The molecule has 1 aliphatic heterocycles. The molecule has 0 amide bonds. The van der Waals surface area contributed by atoms with Crippen LogP contribution in [0.5, 0.6) is 0 Å². The van der Waals surface area contributed by atoms with Crippen LogP contribution in [0.4, 0.5) is 0 Å². The standard InChI is InChI=1S/C15H28N2O2/c1-11-6-8-17(12(2)9-11)13-5-7-15(10-13,16-3)14(18)19-4/h11-13,16H,5-10H2,1-4H3. The molecular formula is C15H28N2O2. The molecular weight excluding hydrogens is 240 g/mol. The lowest BCUT2D eigenvalue weighted by molar-refractivity contribution is -0.148. The Morgan fingerprint density at radius 2 is 2.11 bits per heavy atom. The minimum atomic E-state index is -0.456. The average molecular weight is 268 g/mol. The van der Waals surface area contributed by atoms with Crippen molar-refractivity contribution in [3.63, 3.8) is 0 Å². The molecule has 0 aromatic carbocycles. The monoisotopic (exact) mass is 268 g/mol. The van der Waals surface area contributed by atoms with Gasteiger partial charge in [0.2, 0.25) is 0 Å². The number of methoxy groups -OCH3 is 1. The summed E-state index contributed by atoms with van der Waals surface area (Å²) in [6.45, 7) is 5.84. The first kappa shape index (κ1) is 14.8. The summed E-state index contributed by atoms with van der Waals surface area (Å²) in [5.41, 5.74) is -0.456. The van der Waals surface area contributed by atoms with E-state index in [2.05, 4.69) is 24.1 Å². The van der Waals surface area contributed by atoms with Crippen LogP contribution >= 0.6 is 0 Å². The van der Waals surface area contributed by atoms with Gasteiger partial charge >= 0.3 is 5.97 Å². The minimum absolute atomic E-state index is 0.101. The van der Waals surface area contributed by atoms with Crippen molar-refractivity contribution in [3.05, 3.63) is 0 Å². The number of esters is 1. The van der Waals surface area contributed by atoms with E-state index in [4.69, 9.17) is 4.74 Å². The summed E-state index contributed by atoms with van der Waals surface area (Å²) in [6.07, 6.45) is 5.43. The molecule has 1 saturated carbocycles. The third-order valence-corrected chi connectivity index (χ3v) is 5.20. The first-order valence-corrected chi connectivity index (χ1v) is 7.55. The first-order valence-electron chi connectivity index (χ1n) is 7.55. The number of rotatable bonds is 3. The molecule has 4 atom stereocenters. The lowest BCUT2D eigenvalue weighted by Crippen LogP contribution is -2.52. The number of likely N-dealkylation sites (N-methyl/N-ethyl adjacent to an activating group) is 1. The van der Waals surface area contributed by atoms with E-state index in [0.717, 1.165) is 25.2 Å². The second-order valence-corrected chi connectivity index (χ2v) is 6.44. The van der Waals surface area contributed by atoms with Crippen molar-refractivity contribution in [1.82, 2.24) is 10.2 Å². The molecule has 0 spiro atoms. The molecule has 110 valence electrons. The smallest absolute Gasteiger partial charge is 0.326 e. The fourth-order valence-corrected chi connectivity index (χ4v) is 3.98. The molecule has 1 N–H and O–H groups in total. The van der Waals surface area contributed by atoms with Gasteiger partial charge in [-0.05, 0) is 58.5 Å². The van der Waals surface area contributed by atoms with Crippen molar-refractivity contribution < 1.29 is 9.53 Å². The highest BCUT2D eigenvalue weighted by atomic mass is 16.5. The highest BCUT2D eigenvalue weighted by Crippen LogP contribution is 2.37. The fourth-order valence-electron chi connectivity index (χ4n) is 3.98. The van der Waals surface area contributed by atoms with Crippen LogP contribution in [-0.4, -0.2) is 49.2 Å². The maximum absolute atomic E-state index is 12.0. The summed E-state index contributed by atoms with van der Waals surface area (Å²) in [6, 6.07) is 1.16. The molecule has 4 nitrogen and oxygen atoms in total. The largest absolute Gasteiger partial charge is 0.468 e. The summed E-state index contributed by atoms with van der Waals surface area (Å²) in [5.74, 6) is 0.734. The van der Waals surface area contributed by atoms with Gasteiger partial charge in [0.15, 0.2) is 0 Å². The summed E-state index contributed by atoms with van der Waals surface area (Å²) >= 11 is 0. The molecule has 1 heterocycles. The van der Waals surface area contributed by atoms with Gasteiger partial charge in [0.05, 0.1) is 7.11 Å². The van der Waals surface area contributed by atoms with E-state index >= 15 is 0 Å². The van der Waals surface area contributed by atoms with E-state index in [1.807, 2.05) is 7.05 Å². The second kappa shape index (κ2) is 5.80. The molecule has 1 saturated heterocycles. The summed E-state index contributed by atoms with van der Waals surface area (Å²) in [7, 11) is 3.36. The predicted molar refractivity (Wildman–Crippen MR) is 76.0 cm³/mol. The summed E-state index contributed by atoms with van der Waals surface area (Å²) in [5, 5.41) is 3.22. The molecule has 1 aliphatic carbocycles. The van der Waals surface area contributed by atoms with Gasteiger partial charge in [-0.1, -0.05) is 6.92 Å². The van der Waals surface area contributed by atoms with E-state index < -0.39 is 5.54 Å². The SMILES string of the molecule is CNC1(C(=O)OC)CCC(N2CCC(C)CC2C)C1. The topological polar surface area (TPSA) is 41.6 Å². The number of hydrogen-bond acceptors (Lipinski definition) is 4. The van der Waals surface area contributed by atoms with E-state index in [9.17, 15) is 4.79 Å². The summed E-state index contributed by atoms with van der Waals surface area (Å²) in [4.78, 5) is 14.6. The van der Waals surface area contributed by atoms with Crippen LogP contribution in [0.1, 0.15) is 46.0 Å². The van der Waals surface area contributed by atoms with Gasteiger partial charge < -0.3 is 10.1 Å². The van der Waals surface area contributed by atoms with Crippen molar-refractivity contribution in [3.8, 4) is 0 Å². The third kappa shape index (κ3) is 2.79. The number of carbonyl (C=O) groups excluding carboxylic acids is 1. The molecule has 2 aliphatic rings. The van der Waals surface area contributed by atoms with Crippen LogP contribution in [0, 0.1) is 5.92 Å². The van der Waals surface area contributed by atoms with Gasteiger partial charge in [-0.25, -0.2) is 0 Å². The van der Waals surface area contributed by atoms with E-state index in [-0.39, 0.29) is 5.97 Å². The lowest BCUT2D eigenvalue weighted by atomic mass is 9.91. The van der Waals surface area contributed by atoms with Crippen LogP contribution in [0.15, 0.2) is 0 Å². The molecule has 4 unspecified atom stereocenters. The quantitative estimate of drug-likeness (QED) is 0.792. The Labute approximate surface area is 116 Å². The first-order chi connectivity index (χ1) is 9.02. The van der Waals surface area contributed by atoms with E-state index in [1.54, 1.807) is 0 Å². The molecule has 2 fully saturated rings. The Morgan fingerprint density at radius 3 is 2.68 bits per heavy atom. The van der Waals surface area contributed by atoms with Crippen molar-refractivity contribution in [2.45, 2.75) is 63.6 Å². The highest BCUT2D eigenvalue weighted by molar-refractivity contribution is 5.81. The number of likely N-dealkylation sites (tertiary alicyclic amines) is 1. The third-order valence-electron chi connectivity index (χ3n) is 5.20. The molecule has 0 aromatic rings. The zero-order valence-corrected chi connectivity index (χ0v) is 12.7. The minimum Gasteiger partial charge on any atom is -0.468 e. The molecule has 0 radical (unpaired) electrons. The Kier molecular flexibility index (Phi) is 4.51. The Morgan fingerprint density at radius 1 is 1.37 bits per heavy atom. The maximum Gasteiger partial charge on any atom is 0.326 e. The van der Waals surface area contributed by atoms with Gasteiger partial charge in [0.25, 0.3) is 0 Å². The zero-order valence-electron chi connectivity index (χ0n) is 12.7. The number of carbonyl (C=O) groups is 1. The highest BCUT2D eigenvalue weighted by Gasteiger charge is 2.47. The Balaban J connectivity index is 2.03. The molecule has 19 heavy (non-hydrogen) atoms. The van der Waals surface area contributed by atoms with Crippen molar-refractivity contribution >= 4 is 5.97 Å². The molecule has 4 heteroatoms. The molecule has 2 rings (SSSR count). The van der Waals surface area contributed by atoms with Gasteiger partial charge in [-0.2, -0.15) is 0 Å². The number of piperidine rings is 1.